The highest BCUT2D eigenvalue weighted by Gasteiger charge is 2.42. The SMILES string of the molecule is COC(=O)COC1(c2ccc(OCc3cc(F)ccc3-c3ccccc3OCc3ccccc3)cc2)COC1. The number of halogens is 1. The van der Waals surface area contributed by atoms with E-state index in [2.05, 4.69) is 4.74 Å². The van der Waals surface area contributed by atoms with Crippen molar-refractivity contribution in [3.8, 4) is 22.6 Å². The maximum Gasteiger partial charge on any atom is 0.331 e. The first kappa shape index (κ1) is 26.4. The second kappa shape index (κ2) is 12.1. The van der Waals surface area contributed by atoms with Crippen LogP contribution in [0.4, 0.5) is 4.39 Å². The number of ether oxygens (including phenoxy) is 5. The van der Waals surface area contributed by atoms with E-state index in [0.717, 1.165) is 22.3 Å². The van der Waals surface area contributed by atoms with E-state index in [9.17, 15) is 9.18 Å². The van der Waals surface area contributed by atoms with Crippen LogP contribution in [0.2, 0.25) is 0 Å². The predicted octanol–water partition coefficient (Wildman–Crippen LogP) is 6.07. The van der Waals surface area contributed by atoms with Gasteiger partial charge in [-0.25, -0.2) is 9.18 Å². The summed E-state index contributed by atoms with van der Waals surface area (Å²) in [6, 6.07) is 29.7. The van der Waals surface area contributed by atoms with Crippen LogP contribution in [0.1, 0.15) is 16.7 Å². The average Bonchev–Trinajstić information content (AvgIpc) is 2.95. The number of methoxy groups -OCH3 is 1. The van der Waals surface area contributed by atoms with Gasteiger partial charge in [-0.15, -0.1) is 0 Å². The lowest BCUT2D eigenvalue weighted by Crippen LogP contribution is -2.49. The summed E-state index contributed by atoms with van der Waals surface area (Å²) in [5, 5.41) is 0. The van der Waals surface area contributed by atoms with Gasteiger partial charge in [0, 0.05) is 11.1 Å². The van der Waals surface area contributed by atoms with Crippen molar-refractivity contribution >= 4 is 5.97 Å². The molecule has 0 aromatic heterocycles. The third kappa shape index (κ3) is 6.28. The molecule has 1 fully saturated rings. The molecular formula is C32H29FO6. The minimum absolute atomic E-state index is 0.156. The van der Waals surface area contributed by atoms with Crippen LogP contribution in [0, 0.1) is 5.82 Å². The van der Waals surface area contributed by atoms with Crippen molar-refractivity contribution in [1.82, 2.24) is 0 Å². The number of benzene rings is 4. The molecule has 5 rings (SSSR count). The molecule has 200 valence electrons. The van der Waals surface area contributed by atoms with Crippen LogP contribution >= 0.6 is 0 Å². The van der Waals surface area contributed by atoms with Crippen LogP contribution in [0.15, 0.2) is 97.1 Å². The normalized spacial score (nSPS) is 13.8. The van der Waals surface area contributed by atoms with Gasteiger partial charge in [0.25, 0.3) is 0 Å². The summed E-state index contributed by atoms with van der Waals surface area (Å²) in [4.78, 5) is 11.5. The Morgan fingerprint density at radius 3 is 2.31 bits per heavy atom. The topological polar surface area (TPSA) is 63.2 Å². The Morgan fingerprint density at radius 2 is 1.59 bits per heavy atom. The molecule has 0 unspecified atom stereocenters. The molecule has 0 spiro atoms. The number of esters is 1. The van der Waals surface area contributed by atoms with Crippen LogP contribution < -0.4 is 9.47 Å². The van der Waals surface area contributed by atoms with Gasteiger partial charge in [-0.1, -0.05) is 66.7 Å². The highest BCUT2D eigenvalue weighted by Crippen LogP contribution is 2.36. The van der Waals surface area contributed by atoms with Crippen LogP contribution in [0.5, 0.6) is 11.5 Å². The first-order valence-corrected chi connectivity index (χ1v) is 12.6. The Hall–Kier alpha value is -4.20. The quantitative estimate of drug-likeness (QED) is 0.220. The molecule has 0 bridgehead atoms. The van der Waals surface area contributed by atoms with Gasteiger partial charge in [-0.05, 0) is 47.0 Å². The van der Waals surface area contributed by atoms with Gasteiger partial charge in [0.15, 0.2) is 0 Å². The van der Waals surface area contributed by atoms with Gasteiger partial charge in [0.1, 0.15) is 42.7 Å². The molecule has 4 aromatic carbocycles. The molecule has 0 saturated carbocycles. The van der Waals surface area contributed by atoms with Crippen LogP contribution in [0.25, 0.3) is 11.1 Å². The molecule has 0 N–H and O–H groups in total. The Kier molecular flexibility index (Phi) is 8.20. The van der Waals surface area contributed by atoms with Crippen molar-refractivity contribution in [2.45, 2.75) is 18.8 Å². The van der Waals surface area contributed by atoms with E-state index in [4.69, 9.17) is 18.9 Å². The number of hydrogen-bond donors (Lipinski definition) is 0. The third-order valence-corrected chi connectivity index (χ3v) is 6.62. The maximum atomic E-state index is 14.3. The number of carbonyl (C=O) groups excluding carboxylic acids is 1. The van der Waals surface area contributed by atoms with Crippen molar-refractivity contribution in [3.63, 3.8) is 0 Å². The van der Waals surface area contributed by atoms with E-state index in [1.165, 1.54) is 19.2 Å². The summed E-state index contributed by atoms with van der Waals surface area (Å²) in [6.07, 6.45) is 0. The zero-order chi connectivity index (χ0) is 27.1. The van der Waals surface area contributed by atoms with Crippen molar-refractivity contribution in [2.75, 3.05) is 26.9 Å². The maximum absolute atomic E-state index is 14.3. The smallest absolute Gasteiger partial charge is 0.331 e. The number of hydrogen-bond acceptors (Lipinski definition) is 6. The van der Waals surface area contributed by atoms with Crippen molar-refractivity contribution in [1.29, 1.82) is 0 Å². The molecule has 1 aliphatic rings. The van der Waals surface area contributed by atoms with Gasteiger partial charge in [-0.3, -0.25) is 0 Å². The van der Waals surface area contributed by atoms with Gasteiger partial charge in [-0.2, -0.15) is 0 Å². The van der Waals surface area contributed by atoms with Crippen molar-refractivity contribution in [2.24, 2.45) is 0 Å². The molecule has 4 aromatic rings. The minimum atomic E-state index is -0.689. The highest BCUT2D eigenvalue weighted by atomic mass is 19.1. The second-order valence-corrected chi connectivity index (χ2v) is 9.24. The average molecular weight is 529 g/mol. The lowest BCUT2D eigenvalue weighted by Gasteiger charge is -2.41. The molecule has 1 saturated heterocycles. The fourth-order valence-corrected chi connectivity index (χ4v) is 4.39. The first-order chi connectivity index (χ1) is 19.1. The molecule has 7 heteroatoms. The lowest BCUT2D eigenvalue weighted by atomic mass is 9.91. The van der Waals surface area contributed by atoms with E-state index in [-0.39, 0.29) is 19.0 Å². The van der Waals surface area contributed by atoms with Crippen LogP contribution in [-0.2, 0) is 37.8 Å². The number of para-hydroxylation sites is 1. The molecule has 0 amide bonds. The second-order valence-electron chi connectivity index (χ2n) is 9.24. The summed E-state index contributed by atoms with van der Waals surface area (Å²) in [5.41, 5.74) is 3.63. The highest BCUT2D eigenvalue weighted by molar-refractivity contribution is 5.73. The largest absolute Gasteiger partial charge is 0.489 e. The van der Waals surface area contributed by atoms with Crippen molar-refractivity contribution in [3.05, 3.63) is 120 Å². The lowest BCUT2D eigenvalue weighted by molar-refractivity contribution is -0.220. The summed E-state index contributed by atoms with van der Waals surface area (Å²) in [5.74, 6) is 0.536. The summed E-state index contributed by atoms with van der Waals surface area (Å²) in [7, 11) is 1.32. The van der Waals surface area contributed by atoms with Gasteiger partial charge < -0.3 is 23.7 Å². The molecule has 0 aliphatic carbocycles. The standard InChI is InChI=1S/C32H29FO6/c1-35-31(34)20-39-32(21-36-22-32)25-11-14-27(15-12-25)37-19-24-17-26(33)13-16-28(24)29-9-5-6-10-30(29)38-18-23-7-3-2-4-8-23/h2-17H,18-22H2,1H3. The Balaban J connectivity index is 1.30. The molecule has 1 heterocycles. The van der Waals surface area contributed by atoms with Gasteiger partial charge in [0.2, 0.25) is 0 Å². The zero-order valence-corrected chi connectivity index (χ0v) is 21.6. The van der Waals surface area contributed by atoms with E-state index < -0.39 is 11.6 Å². The third-order valence-electron chi connectivity index (χ3n) is 6.62. The van der Waals surface area contributed by atoms with Crippen LogP contribution in [-0.4, -0.2) is 32.9 Å². The summed E-state index contributed by atoms with van der Waals surface area (Å²) >= 11 is 0. The predicted molar refractivity (Wildman–Crippen MR) is 144 cm³/mol. The number of rotatable bonds is 11. The Bertz CT molecular complexity index is 1400. The molecule has 1 aliphatic heterocycles. The summed E-state index contributed by atoms with van der Waals surface area (Å²) in [6.45, 7) is 1.13. The minimum Gasteiger partial charge on any atom is -0.489 e. The van der Waals surface area contributed by atoms with E-state index in [1.807, 2.05) is 78.9 Å². The van der Waals surface area contributed by atoms with E-state index >= 15 is 0 Å². The van der Waals surface area contributed by atoms with Crippen molar-refractivity contribution < 1.29 is 32.9 Å². The van der Waals surface area contributed by atoms with Crippen LogP contribution in [0.3, 0.4) is 0 Å². The van der Waals surface area contributed by atoms with Gasteiger partial charge in [0.05, 0.1) is 20.3 Å². The fraction of sp³-hybridized carbons (Fsp3) is 0.219. The monoisotopic (exact) mass is 528 g/mol. The van der Waals surface area contributed by atoms with E-state index in [0.29, 0.717) is 36.9 Å². The number of carbonyl (C=O) groups is 1. The fourth-order valence-electron chi connectivity index (χ4n) is 4.39. The molecule has 39 heavy (non-hydrogen) atoms. The van der Waals surface area contributed by atoms with Gasteiger partial charge >= 0.3 is 5.97 Å². The molecule has 6 nitrogen and oxygen atoms in total. The molecule has 0 atom stereocenters. The Morgan fingerprint density at radius 1 is 0.846 bits per heavy atom. The molecular weight excluding hydrogens is 499 g/mol. The molecule has 0 radical (unpaired) electrons. The van der Waals surface area contributed by atoms with E-state index in [1.54, 1.807) is 6.07 Å². The zero-order valence-electron chi connectivity index (χ0n) is 21.6. The first-order valence-electron chi connectivity index (χ1n) is 12.6. The summed E-state index contributed by atoms with van der Waals surface area (Å²) < 4.78 is 42.4. The Labute approximate surface area is 226 Å².